The molecule has 2 aromatic rings. The lowest BCUT2D eigenvalue weighted by molar-refractivity contribution is 0.445. The Labute approximate surface area is 109 Å². The summed E-state index contributed by atoms with van der Waals surface area (Å²) in [5, 5.41) is 3.02. The molecule has 0 saturated carbocycles. The average molecular weight is 269 g/mol. The maximum absolute atomic E-state index is 13.8. The predicted molar refractivity (Wildman–Crippen MR) is 66.9 cm³/mol. The lowest BCUT2D eigenvalue weighted by Crippen LogP contribution is -2.14. The highest BCUT2D eigenvalue weighted by Crippen LogP contribution is 2.23. The summed E-state index contributed by atoms with van der Waals surface area (Å²) in [5.74, 6) is -3.54. The van der Waals surface area contributed by atoms with Crippen molar-refractivity contribution in [3.63, 3.8) is 0 Å². The van der Waals surface area contributed by atoms with Crippen LogP contribution in [0, 0.1) is 24.4 Å². The van der Waals surface area contributed by atoms with E-state index >= 15 is 0 Å². The summed E-state index contributed by atoms with van der Waals surface area (Å²) in [5.41, 5.74) is 0.565. The molecule has 0 amide bonds. The van der Waals surface area contributed by atoms with Gasteiger partial charge in [-0.25, -0.2) is 18.2 Å². The molecule has 1 N–H and O–H groups in total. The number of halogens is 3. The van der Waals surface area contributed by atoms with Gasteiger partial charge in [0.15, 0.2) is 17.5 Å². The molecule has 6 heteroatoms. The van der Waals surface area contributed by atoms with Gasteiger partial charge in [-0.2, -0.15) is 0 Å². The van der Waals surface area contributed by atoms with E-state index in [9.17, 15) is 13.2 Å². The fourth-order valence-corrected chi connectivity index (χ4v) is 1.74. The van der Waals surface area contributed by atoms with Gasteiger partial charge in [-0.15, -0.1) is 0 Å². The van der Waals surface area contributed by atoms with E-state index in [-0.39, 0.29) is 11.7 Å². The predicted octanol–water partition coefficient (Wildman–Crippen LogP) is 3.42. The van der Waals surface area contributed by atoms with E-state index in [1.54, 1.807) is 13.1 Å². The topological polar surface area (TPSA) is 29.9 Å². The van der Waals surface area contributed by atoms with Crippen molar-refractivity contribution in [2.45, 2.75) is 26.8 Å². The van der Waals surface area contributed by atoms with Gasteiger partial charge in [-0.05, 0) is 32.9 Å². The Hall–Kier alpha value is -1.98. The third-order valence-corrected chi connectivity index (χ3v) is 2.52. The zero-order valence-corrected chi connectivity index (χ0v) is 10.8. The first kappa shape index (κ1) is 13.5. The number of benzene rings is 1. The number of aromatic nitrogens is 2. The van der Waals surface area contributed by atoms with Gasteiger partial charge in [0, 0.05) is 12.2 Å². The zero-order chi connectivity index (χ0) is 14.2. The monoisotopic (exact) mass is 269 g/mol. The molecule has 0 saturated heterocycles. The first-order valence-electron chi connectivity index (χ1n) is 5.86. The van der Waals surface area contributed by atoms with Crippen molar-refractivity contribution in [3.05, 3.63) is 41.5 Å². The van der Waals surface area contributed by atoms with Crippen molar-refractivity contribution in [3.8, 4) is 5.69 Å². The Morgan fingerprint density at radius 2 is 1.84 bits per heavy atom. The maximum Gasteiger partial charge on any atom is 0.208 e. The minimum Gasteiger partial charge on any atom is -0.353 e. The second kappa shape index (κ2) is 4.95. The molecule has 2 rings (SSSR count). The van der Waals surface area contributed by atoms with Gasteiger partial charge in [0.1, 0.15) is 0 Å². The van der Waals surface area contributed by atoms with Crippen LogP contribution in [0.1, 0.15) is 19.5 Å². The fourth-order valence-electron chi connectivity index (χ4n) is 1.74. The smallest absolute Gasteiger partial charge is 0.208 e. The number of rotatable bonds is 3. The minimum atomic E-state index is -1.49. The Balaban J connectivity index is 2.56. The van der Waals surface area contributed by atoms with Gasteiger partial charge in [0.05, 0.1) is 11.4 Å². The molecule has 0 bridgehead atoms. The average Bonchev–Trinajstić information content (AvgIpc) is 2.66. The second-order valence-electron chi connectivity index (χ2n) is 4.57. The molecule has 1 aromatic heterocycles. The van der Waals surface area contributed by atoms with E-state index in [2.05, 4.69) is 10.3 Å². The molecule has 0 fully saturated rings. The second-order valence-corrected chi connectivity index (χ2v) is 4.57. The standard InChI is InChI=1S/C13H14F3N3/c1-7(2)17-13-18-8(3)6-19(13)10-5-4-9(14)11(15)12(10)16/h4-7H,1-3H3,(H,17,18). The number of aryl methyl sites for hydroxylation is 1. The fraction of sp³-hybridized carbons (Fsp3) is 0.308. The molecular formula is C13H14F3N3. The highest BCUT2D eigenvalue weighted by Gasteiger charge is 2.17. The third kappa shape index (κ3) is 2.57. The van der Waals surface area contributed by atoms with E-state index in [4.69, 9.17) is 0 Å². The van der Waals surface area contributed by atoms with Crippen LogP contribution >= 0.6 is 0 Å². The maximum atomic E-state index is 13.8. The van der Waals surface area contributed by atoms with Crippen LogP contribution in [0.25, 0.3) is 5.69 Å². The molecule has 19 heavy (non-hydrogen) atoms. The first-order valence-corrected chi connectivity index (χ1v) is 5.86. The van der Waals surface area contributed by atoms with Crippen LogP contribution in [0.3, 0.4) is 0 Å². The largest absolute Gasteiger partial charge is 0.353 e. The van der Waals surface area contributed by atoms with Gasteiger partial charge in [-0.3, -0.25) is 4.57 Å². The summed E-state index contributed by atoms with van der Waals surface area (Å²) in [6, 6.07) is 2.15. The summed E-state index contributed by atoms with van der Waals surface area (Å²) in [7, 11) is 0. The summed E-state index contributed by atoms with van der Waals surface area (Å²) in [6.07, 6.45) is 1.56. The number of nitrogens with zero attached hydrogens (tertiary/aromatic N) is 2. The van der Waals surface area contributed by atoms with Crippen LogP contribution in [-0.2, 0) is 0 Å². The van der Waals surface area contributed by atoms with Crippen molar-refractivity contribution in [2.75, 3.05) is 5.32 Å². The number of hydrogen-bond donors (Lipinski definition) is 1. The van der Waals surface area contributed by atoms with Crippen LogP contribution < -0.4 is 5.32 Å². The molecule has 3 nitrogen and oxygen atoms in total. The van der Waals surface area contributed by atoms with Gasteiger partial charge in [-0.1, -0.05) is 0 Å². The van der Waals surface area contributed by atoms with Crippen molar-refractivity contribution in [1.82, 2.24) is 9.55 Å². The molecular weight excluding hydrogens is 255 g/mol. The number of hydrogen-bond acceptors (Lipinski definition) is 2. The molecule has 102 valence electrons. The van der Waals surface area contributed by atoms with Crippen LogP contribution in [0.15, 0.2) is 18.3 Å². The number of anilines is 1. The summed E-state index contributed by atoms with van der Waals surface area (Å²) in [6.45, 7) is 5.53. The van der Waals surface area contributed by atoms with E-state index in [0.717, 1.165) is 6.07 Å². The van der Waals surface area contributed by atoms with Crippen LogP contribution in [0.2, 0.25) is 0 Å². The Morgan fingerprint density at radius 3 is 2.47 bits per heavy atom. The molecule has 0 unspecified atom stereocenters. The minimum absolute atomic E-state index is 0.0777. The zero-order valence-electron chi connectivity index (χ0n) is 10.8. The molecule has 0 radical (unpaired) electrons. The van der Waals surface area contributed by atoms with Crippen LogP contribution in [0.5, 0.6) is 0 Å². The lowest BCUT2D eigenvalue weighted by Gasteiger charge is -2.13. The van der Waals surface area contributed by atoms with Gasteiger partial charge in [0.2, 0.25) is 5.95 Å². The molecule has 0 atom stereocenters. The van der Waals surface area contributed by atoms with E-state index in [1.807, 2.05) is 13.8 Å². The van der Waals surface area contributed by atoms with Crippen molar-refractivity contribution in [2.24, 2.45) is 0 Å². The number of imidazole rings is 1. The Bertz CT molecular complexity index is 605. The van der Waals surface area contributed by atoms with E-state index in [0.29, 0.717) is 11.6 Å². The molecule has 0 aliphatic carbocycles. The molecule has 1 aromatic carbocycles. The summed E-state index contributed by atoms with van der Waals surface area (Å²) >= 11 is 0. The number of nitrogens with one attached hydrogen (secondary N) is 1. The highest BCUT2D eigenvalue weighted by molar-refractivity contribution is 5.44. The molecule has 0 spiro atoms. The highest BCUT2D eigenvalue weighted by atomic mass is 19.2. The van der Waals surface area contributed by atoms with E-state index < -0.39 is 17.5 Å². The Kier molecular flexibility index (Phi) is 3.50. The lowest BCUT2D eigenvalue weighted by atomic mass is 10.2. The molecule has 1 heterocycles. The summed E-state index contributed by atoms with van der Waals surface area (Å²) < 4.78 is 41.4. The van der Waals surface area contributed by atoms with Gasteiger partial charge in [0.25, 0.3) is 0 Å². The quantitative estimate of drug-likeness (QED) is 0.865. The van der Waals surface area contributed by atoms with Gasteiger partial charge >= 0.3 is 0 Å². The van der Waals surface area contributed by atoms with Crippen molar-refractivity contribution < 1.29 is 13.2 Å². The summed E-state index contributed by atoms with van der Waals surface area (Å²) in [4.78, 5) is 4.19. The van der Waals surface area contributed by atoms with E-state index in [1.165, 1.54) is 10.6 Å². The van der Waals surface area contributed by atoms with Crippen LogP contribution in [0.4, 0.5) is 19.1 Å². The SMILES string of the molecule is Cc1cn(-c2ccc(F)c(F)c2F)c(NC(C)C)n1. The first-order chi connectivity index (χ1) is 8.90. The van der Waals surface area contributed by atoms with Crippen molar-refractivity contribution in [1.29, 1.82) is 0 Å². The third-order valence-electron chi connectivity index (χ3n) is 2.52. The molecule has 0 aliphatic rings. The van der Waals surface area contributed by atoms with Gasteiger partial charge < -0.3 is 5.32 Å². The van der Waals surface area contributed by atoms with Crippen LogP contribution in [-0.4, -0.2) is 15.6 Å². The van der Waals surface area contributed by atoms with Crippen molar-refractivity contribution >= 4 is 5.95 Å². The Morgan fingerprint density at radius 1 is 1.16 bits per heavy atom. The molecule has 0 aliphatic heterocycles. The normalized spacial score (nSPS) is 11.1.